The van der Waals surface area contributed by atoms with E-state index < -0.39 is 0 Å². The first-order chi connectivity index (χ1) is 19.9. The third-order valence-corrected chi connectivity index (χ3v) is 10.5. The molecule has 0 N–H and O–H groups in total. The van der Waals surface area contributed by atoms with Crippen molar-refractivity contribution in [3.05, 3.63) is 93.3 Å². The maximum Gasteiger partial charge on any atom is 0.137 e. The van der Waals surface area contributed by atoms with E-state index in [0.29, 0.717) is 24.0 Å². The summed E-state index contributed by atoms with van der Waals surface area (Å²) in [4.78, 5) is 37.6. The highest BCUT2D eigenvalue weighted by Gasteiger charge is 2.35. The molecule has 2 fully saturated rings. The lowest BCUT2D eigenvalue weighted by atomic mass is 9.98. The predicted octanol–water partition coefficient (Wildman–Crippen LogP) is 9.10. The van der Waals surface area contributed by atoms with Gasteiger partial charge in [-0.3, -0.25) is 14.4 Å². The third kappa shape index (κ3) is 7.78. The van der Waals surface area contributed by atoms with Crippen LogP contribution >= 0.6 is 22.7 Å². The zero-order valence-electron chi connectivity index (χ0n) is 23.9. The molecule has 212 valence electrons. The fourth-order valence-corrected chi connectivity index (χ4v) is 8.16. The summed E-state index contributed by atoms with van der Waals surface area (Å²) >= 11 is 3.56. The van der Waals surface area contributed by atoms with Crippen LogP contribution in [0.5, 0.6) is 0 Å². The van der Waals surface area contributed by atoms with Crippen molar-refractivity contribution >= 4 is 40.0 Å². The number of hydrogen-bond donors (Lipinski definition) is 0. The lowest BCUT2D eigenvalue weighted by molar-refractivity contribution is -0.124. The molecule has 4 atom stereocenters. The number of benzene rings is 2. The van der Waals surface area contributed by atoms with Gasteiger partial charge in [-0.05, 0) is 103 Å². The van der Waals surface area contributed by atoms with E-state index in [1.807, 2.05) is 29.5 Å². The first kappa shape index (κ1) is 29.3. The van der Waals surface area contributed by atoms with Gasteiger partial charge in [0, 0.05) is 33.9 Å². The molecule has 0 saturated heterocycles. The number of carbonyl (C=O) groups is 3. The minimum absolute atomic E-state index is 0.0289. The minimum Gasteiger partial charge on any atom is -0.300 e. The van der Waals surface area contributed by atoms with Gasteiger partial charge in [0.1, 0.15) is 17.3 Å². The van der Waals surface area contributed by atoms with Crippen molar-refractivity contribution in [1.82, 2.24) is 0 Å². The van der Waals surface area contributed by atoms with E-state index in [2.05, 4.69) is 65.4 Å². The second-order valence-electron chi connectivity index (χ2n) is 11.6. The van der Waals surface area contributed by atoms with Crippen molar-refractivity contribution < 1.29 is 14.4 Å². The zero-order chi connectivity index (χ0) is 28.8. The zero-order valence-corrected chi connectivity index (χ0v) is 25.5. The van der Waals surface area contributed by atoms with E-state index in [4.69, 9.17) is 0 Å². The number of carbonyl (C=O) groups excluding carboxylic acids is 3. The smallest absolute Gasteiger partial charge is 0.137 e. The van der Waals surface area contributed by atoms with Gasteiger partial charge >= 0.3 is 0 Å². The highest BCUT2D eigenvalue weighted by molar-refractivity contribution is 7.10. The molecule has 2 aliphatic rings. The predicted molar refractivity (Wildman–Crippen MR) is 170 cm³/mol. The molecule has 2 aliphatic carbocycles. The molecule has 2 aromatic heterocycles. The van der Waals surface area contributed by atoms with E-state index in [1.54, 1.807) is 25.2 Å². The molecule has 3 nitrogen and oxygen atoms in total. The average Bonchev–Trinajstić information content (AvgIpc) is 3.79. The fraction of sp³-hybridized carbons (Fsp3) is 0.361. The van der Waals surface area contributed by atoms with Gasteiger partial charge in [-0.15, -0.1) is 22.7 Å². The Morgan fingerprint density at radius 3 is 1.71 bits per heavy atom. The van der Waals surface area contributed by atoms with Gasteiger partial charge in [0.25, 0.3) is 0 Å². The quantitative estimate of drug-likeness (QED) is 0.208. The Morgan fingerprint density at radius 1 is 0.683 bits per heavy atom. The average molecular weight is 583 g/mol. The van der Waals surface area contributed by atoms with Crippen LogP contribution in [-0.4, -0.2) is 17.3 Å². The molecule has 0 unspecified atom stereocenters. The van der Waals surface area contributed by atoms with Crippen LogP contribution in [0.2, 0.25) is 0 Å². The lowest BCUT2D eigenvalue weighted by Gasteiger charge is -2.07. The molecule has 2 saturated carbocycles. The Balaban J connectivity index is 0.000000165. The largest absolute Gasteiger partial charge is 0.300 e. The van der Waals surface area contributed by atoms with Gasteiger partial charge in [-0.2, -0.15) is 0 Å². The standard InChI is InChI=1S/C18H18O2S.C18H20OS/c1-12(19)14-7-15(18(20)10-14)8-17-9-16(11-21-17)13-5-3-2-4-6-13;1-13(19)16-8-7-14(9-16)10-18-11-17(12-20-18)15-5-3-2-4-6-15/h2-6,9,11,14-15H,7-8,10H2,1H3;2-6,11-12,14,16H,7-10H2,1H3/t14-,15+;14-,16-/m01/s1. The molecule has 6 rings (SSSR count). The molecule has 0 radical (unpaired) electrons. The number of ketones is 3. The molecular formula is C36H38O3S2. The van der Waals surface area contributed by atoms with E-state index in [0.717, 1.165) is 32.1 Å². The molecular weight excluding hydrogens is 545 g/mol. The molecule has 0 spiro atoms. The van der Waals surface area contributed by atoms with Gasteiger partial charge in [-0.25, -0.2) is 0 Å². The van der Waals surface area contributed by atoms with Gasteiger partial charge < -0.3 is 0 Å². The third-order valence-electron chi connectivity index (χ3n) is 8.62. The number of Topliss-reactive ketones (excluding diaryl/α,β-unsaturated/α-hetero) is 3. The van der Waals surface area contributed by atoms with Crippen LogP contribution in [0.3, 0.4) is 0 Å². The summed E-state index contributed by atoms with van der Waals surface area (Å²) in [5, 5.41) is 4.40. The van der Waals surface area contributed by atoms with E-state index in [9.17, 15) is 14.4 Å². The van der Waals surface area contributed by atoms with Crippen molar-refractivity contribution in [3.63, 3.8) is 0 Å². The second-order valence-corrected chi connectivity index (χ2v) is 13.6. The Hall–Kier alpha value is -3.15. The van der Waals surface area contributed by atoms with Gasteiger partial charge in [0.2, 0.25) is 0 Å². The summed E-state index contributed by atoms with van der Waals surface area (Å²) in [6.45, 7) is 3.34. The number of rotatable bonds is 8. The van der Waals surface area contributed by atoms with Crippen LogP contribution in [0.1, 0.15) is 55.7 Å². The van der Waals surface area contributed by atoms with Crippen LogP contribution in [0.4, 0.5) is 0 Å². The molecule has 41 heavy (non-hydrogen) atoms. The van der Waals surface area contributed by atoms with Crippen LogP contribution in [-0.2, 0) is 27.2 Å². The lowest BCUT2D eigenvalue weighted by Crippen LogP contribution is -2.08. The second kappa shape index (κ2) is 13.7. The Morgan fingerprint density at radius 2 is 1.22 bits per heavy atom. The highest BCUT2D eigenvalue weighted by atomic mass is 32.1. The summed E-state index contributed by atoms with van der Waals surface area (Å²) in [6, 6.07) is 25.3. The van der Waals surface area contributed by atoms with Gasteiger partial charge in [0.05, 0.1) is 0 Å². The maximum atomic E-state index is 12.0. The monoisotopic (exact) mass is 582 g/mol. The van der Waals surface area contributed by atoms with Crippen molar-refractivity contribution in [2.75, 3.05) is 0 Å². The van der Waals surface area contributed by atoms with Crippen molar-refractivity contribution in [1.29, 1.82) is 0 Å². The number of thiophene rings is 2. The van der Waals surface area contributed by atoms with E-state index >= 15 is 0 Å². The van der Waals surface area contributed by atoms with Gasteiger partial charge in [-0.1, -0.05) is 60.7 Å². The highest BCUT2D eigenvalue weighted by Crippen LogP contribution is 2.36. The van der Waals surface area contributed by atoms with Crippen molar-refractivity contribution in [2.45, 2.75) is 58.8 Å². The number of hydrogen-bond acceptors (Lipinski definition) is 5. The molecule has 0 aliphatic heterocycles. The molecule has 0 amide bonds. The fourth-order valence-electron chi connectivity index (χ4n) is 6.17. The molecule has 2 heterocycles. The first-order valence-corrected chi connectivity index (χ1v) is 16.4. The summed E-state index contributed by atoms with van der Waals surface area (Å²) in [5.74, 6) is 1.80. The normalized spacial score (nSPS) is 21.9. The minimum atomic E-state index is -0.0453. The van der Waals surface area contributed by atoms with Crippen LogP contribution in [0, 0.1) is 23.7 Å². The van der Waals surface area contributed by atoms with Gasteiger partial charge in [0.15, 0.2) is 0 Å². The van der Waals surface area contributed by atoms with Crippen molar-refractivity contribution in [3.8, 4) is 22.3 Å². The molecule has 2 aromatic carbocycles. The molecule has 4 aromatic rings. The van der Waals surface area contributed by atoms with Crippen LogP contribution in [0.15, 0.2) is 83.6 Å². The SMILES string of the molecule is CC(=O)[C@@H]1CC(=O)[C@@H](Cc2cc(-c3ccccc3)cs2)C1.CC(=O)[C@@H]1CC[C@@H](Cc2cc(-c3ccccc3)cs2)C1. The maximum absolute atomic E-state index is 12.0. The summed E-state index contributed by atoms with van der Waals surface area (Å²) in [6.07, 6.45) is 6.48. The first-order valence-electron chi connectivity index (χ1n) is 14.6. The van der Waals surface area contributed by atoms with E-state index in [1.165, 1.54) is 38.4 Å². The Kier molecular flexibility index (Phi) is 9.79. The Labute approximate surface area is 251 Å². The molecule has 5 heteroatoms. The summed E-state index contributed by atoms with van der Waals surface area (Å²) in [7, 11) is 0. The summed E-state index contributed by atoms with van der Waals surface area (Å²) < 4.78 is 0. The Bertz CT molecular complexity index is 1470. The topological polar surface area (TPSA) is 51.2 Å². The van der Waals surface area contributed by atoms with E-state index in [-0.39, 0.29) is 23.4 Å². The van der Waals surface area contributed by atoms with Crippen LogP contribution in [0.25, 0.3) is 22.3 Å². The van der Waals surface area contributed by atoms with Crippen molar-refractivity contribution in [2.24, 2.45) is 23.7 Å². The summed E-state index contributed by atoms with van der Waals surface area (Å²) in [5.41, 5.74) is 5.04. The van der Waals surface area contributed by atoms with Crippen LogP contribution < -0.4 is 0 Å². The molecule has 0 bridgehead atoms.